The highest BCUT2D eigenvalue weighted by Gasteiger charge is 2.44. The van der Waals surface area contributed by atoms with Crippen molar-refractivity contribution in [2.24, 2.45) is 0 Å². The van der Waals surface area contributed by atoms with Crippen LogP contribution in [0.5, 0.6) is 0 Å². The van der Waals surface area contributed by atoms with Gasteiger partial charge in [0.2, 0.25) is 0 Å². The zero-order valence-electron chi connectivity index (χ0n) is 11.1. The molecule has 2 amide bonds. The molecule has 0 radical (unpaired) electrons. The van der Waals surface area contributed by atoms with Gasteiger partial charge in [-0.3, -0.25) is 0 Å². The third-order valence-corrected chi connectivity index (χ3v) is 4.41. The van der Waals surface area contributed by atoms with E-state index in [1.807, 2.05) is 23.6 Å². The number of hydrogen-bond donors (Lipinski definition) is 1. The van der Waals surface area contributed by atoms with Crippen molar-refractivity contribution in [1.29, 1.82) is 0 Å². The molecular weight excluding hydrogens is 268 g/mol. The average Bonchev–Trinajstić information content (AvgIpc) is 2.61. The molecule has 2 rings (SSSR count). The maximum absolute atomic E-state index is 12.2. The molecule has 0 aromatic rings. The first kappa shape index (κ1) is 14.5. The van der Waals surface area contributed by atoms with E-state index in [2.05, 4.69) is 0 Å². The van der Waals surface area contributed by atoms with Crippen molar-refractivity contribution in [2.45, 2.75) is 18.9 Å². The van der Waals surface area contributed by atoms with Crippen LogP contribution in [0.2, 0.25) is 0 Å². The molecule has 0 aliphatic carbocycles. The van der Waals surface area contributed by atoms with Crippen LogP contribution in [0.15, 0.2) is 0 Å². The van der Waals surface area contributed by atoms with E-state index in [9.17, 15) is 9.59 Å². The van der Waals surface area contributed by atoms with E-state index >= 15 is 0 Å². The highest BCUT2D eigenvalue weighted by atomic mass is 32.2. The highest BCUT2D eigenvalue weighted by molar-refractivity contribution is 7.99. The van der Waals surface area contributed by atoms with E-state index in [4.69, 9.17) is 9.84 Å². The van der Waals surface area contributed by atoms with Gasteiger partial charge in [-0.05, 0) is 19.1 Å². The fourth-order valence-electron chi connectivity index (χ4n) is 2.36. The zero-order chi connectivity index (χ0) is 13.9. The summed E-state index contributed by atoms with van der Waals surface area (Å²) in [5.41, 5.74) is -0.505. The van der Waals surface area contributed by atoms with Crippen LogP contribution < -0.4 is 0 Å². The molecule has 0 atom stereocenters. The Bertz CT molecular complexity index is 350. The van der Waals surface area contributed by atoms with Gasteiger partial charge >= 0.3 is 12.0 Å². The second-order valence-corrected chi connectivity index (χ2v) is 6.45. The van der Waals surface area contributed by atoms with E-state index in [1.165, 1.54) is 0 Å². The predicted molar refractivity (Wildman–Crippen MR) is 72.5 cm³/mol. The van der Waals surface area contributed by atoms with Crippen LogP contribution in [0.4, 0.5) is 4.79 Å². The number of aliphatic carboxylic acids is 1. The highest BCUT2D eigenvalue weighted by Crippen LogP contribution is 2.26. The standard InChI is InChI=1S/C12H20N2O4S/c1-12(18-7-10(15)16)8-14(9-12)11(17)13-3-2-5-19-6-4-13/h2-9H2,1H3,(H,15,16). The zero-order valence-corrected chi connectivity index (χ0v) is 11.9. The van der Waals surface area contributed by atoms with Crippen molar-refractivity contribution in [3.05, 3.63) is 0 Å². The number of carbonyl (C=O) groups excluding carboxylic acids is 1. The number of urea groups is 1. The minimum atomic E-state index is -0.976. The number of carboxylic acids is 1. The number of rotatable bonds is 3. The Kier molecular flexibility index (Phi) is 4.57. The lowest BCUT2D eigenvalue weighted by Crippen LogP contribution is -2.65. The number of amides is 2. The Labute approximate surface area is 117 Å². The van der Waals surface area contributed by atoms with Crippen LogP contribution >= 0.6 is 11.8 Å². The molecule has 0 bridgehead atoms. The third-order valence-electron chi connectivity index (χ3n) is 3.36. The van der Waals surface area contributed by atoms with Crippen molar-refractivity contribution < 1.29 is 19.4 Å². The Morgan fingerprint density at radius 3 is 2.68 bits per heavy atom. The Balaban J connectivity index is 1.78. The lowest BCUT2D eigenvalue weighted by Gasteiger charge is -2.48. The Morgan fingerprint density at radius 1 is 1.26 bits per heavy atom. The third kappa shape index (κ3) is 3.76. The first-order chi connectivity index (χ1) is 9.00. The first-order valence-electron chi connectivity index (χ1n) is 6.47. The Morgan fingerprint density at radius 2 is 2.00 bits per heavy atom. The summed E-state index contributed by atoms with van der Waals surface area (Å²) in [7, 11) is 0. The van der Waals surface area contributed by atoms with Gasteiger partial charge in [-0.15, -0.1) is 0 Å². The molecule has 0 unspecified atom stereocenters. The molecular formula is C12H20N2O4S. The van der Waals surface area contributed by atoms with Crippen molar-refractivity contribution >= 4 is 23.8 Å². The molecule has 7 heteroatoms. The summed E-state index contributed by atoms with van der Waals surface area (Å²) in [4.78, 5) is 26.3. The Hall–Kier alpha value is -0.950. The topological polar surface area (TPSA) is 70.1 Å². The maximum Gasteiger partial charge on any atom is 0.329 e. The molecule has 0 spiro atoms. The summed E-state index contributed by atoms with van der Waals surface area (Å²) >= 11 is 1.88. The summed E-state index contributed by atoms with van der Waals surface area (Å²) < 4.78 is 5.30. The monoisotopic (exact) mass is 288 g/mol. The number of hydrogen-bond acceptors (Lipinski definition) is 4. The minimum absolute atomic E-state index is 0.0545. The van der Waals surface area contributed by atoms with Crippen molar-refractivity contribution in [2.75, 3.05) is 44.3 Å². The number of carboxylic acid groups (broad SMARTS) is 1. The van der Waals surface area contributed by atoms with Crippen molar-refractivity contribution in [3.63, 3.8) is 0 Å². The van der Waals surface area contributed by atoms with Gasteiger partial charge in [0.25, 0.3) is 0 Å². The van der Waals surface area contributed by atoms with E-state index in [0.717, 1.165) is 31.0 Å². The van der Waals surface area contributed by atoms with Gasteiger partial charge in [0, 0.05) is 18.8 Å². The molecule has 2 saturated heterocycles. The molecule has 0 saturated carbocycles. The molecule has 2 fully saturated rings. The smallest absolute Gasteiger partial charge is 0.329 e. The van der Waals surface area contributed by atoms with Crippen LogP contribution in [-0.4, -0.2) is 76.8 Å². The molecule has 2 aliphatic heterocycles. The minimum Gasteiger partial charge on any atom is -0.480 e. The molecule has 6 nitrogen and oxygen atoms in total. The maximum atomic E-state index is 12.2. The van der Waals surface area contributed by atoms with Gasteiger partial charge in [0.1, 0.15) is 12.2 Å². The lowest BCUT2D eigenvalue weighted by molar-refractivity contribution is -0.160. The first-order valence-corrected chi connectivity index (χ1v) is 7.63. The summed E-state index contributed by atoms with van der Waals surface area (Å²) in [6.45, 7) is 4.10. The lowest BCUT2D eigenvalue weighted by atomic mass is 9.97. The van der Waals surface area contributed by atoms with Crippen LogP contribution in [0, 0.1) is 0 Å². The van der Waals surface area contributed by atoms with E-state index in [-0.39, 0.29) is 12.6 Å². The molecule has 2 heterocycles. The molecule has 108 valence electrons. The quantitative estimate of drug-likeness (QED) is 0.828. The van der Waals surface area contributed by atoms with Crippen molar-refractivity contribution in [3.8, 4) is 0 Å². The summed E-state index contributed by atoms with van der Waals surface area (Å²) in [6.07, 6.45) is 1.04. The second kappa shape index (κ2) is 6.00. The molecule has 1 N–H and O–H groups in total. The largest absolute Gasteiger partial charge is 0.480 e. The SMILES string of the molecule is CC1(OCC(=O)O)CN(C(=O)N2CCCSCC2)C1. The predicted octanol–water partition coefficient (Wildman–Crippen LogP) is 0.721. The summed E-state index contributed by atoms with van der Waals surface area (Å²) in [5, 5.41) is 8.59. The number of ether oxygens (including phenoxy) is 1. The number of likely N-dealkylation sites (tertiary alicyclic amines) is 1. The second-order valence-electron chi connectivity index (χ2n) is 5.22. The van der Waals surface area contributed by atoms with Gasteiger partial charge < -0.3 is 19.6 Å². The van der Waals surface area contributed by atoms with Crippen LogP contribution in [-0.2, 0) is 9.53 Å². The average molecular weight is 288 g/mol. The molecule has 2 aliphatic rings. The van der Waals surface area contributed by atoms with Crippen LogP contribution in [0.25, 0.3) is 0 Å². The van der Waals surface area contributed by atoms with Crippen LogP contribution in [0.1, 0.15) is 13.3 Å². The van der Waals surface area contributed by atoms with Crippen molar-refractivity contribution in [1.82, 2.24) is 9.80 Å². The van der Waals surface area contributed by atoms with E-state index in [1.54, 1.807) is 4.90 Å². The van der Waals surface area contributed by atoms with Gasteiger partial charge in [-0.2, -0.15) is 11.8 Å². The van der Waals surface area contributed by atoms with E-state index in [0.29, 0.717) is 13.1 Å². The van der Waals surface area contributed by atoms with E-state index < -0.39 is 11.6 Å². The van der Waals surface area contributed by atoms with Gasteiger partial charge in [0.05, 0.1) is 13.1 Å². The van der Waals surface area contributed by atoms with Gasteiger partial charge in [-0.1, -0.05) is 0 Å². The molecule has 0 aromatic carbocycles. The molecule has 0 aromatic heterocycles. The van der Waals surface area contributed by atoms with Crippen LogP contribution in [0.3, 0.4) is 0 Å². The number of carbonyl (C=O) groups is 2. The number of thioether (sulfide) groups is 1. The normalized spacial score (nSPS) is 22.6. The summed E-state index contributed by atoms with van der Waals surface area (Å²) in [6, 6.07) is 0.0545. The van der Waals surface area contributed by atoms with Gasteiger partial charge in [0.15, 0.2) is 0 Å². The summed E-state index contributed by atoms with van der Waals surface area (Å²) in [5.74, 6) is 1.13. The molecule has 19 heavy (non-hydrogen) atoms. The number of nitrogens with zero attached hydrogens (tertiary/aromatic N) is 2. The van der Waals surface area contributed by atoms with Gasteiger partial charge in [-0.25, -0.2) is 9.59 Å². The fourth-order valence-corrected chi connectivity index (χ4v) is 3.25. The fraction of sp³-hybridized carbons (Fsp3) is 0.833.